The first-order chi connectivity index (χ1) is 6.32. The number of carbonyl (C=O) groups is 1. The Balaban J connectivity index is 3.29. The fraction of sp³-hybridized carbons (Fsp3) is 0.462. The van der Waals surface area contributed by atoms with Crippen LogP contribution in [0.4, 0.5) is 0 Å². The lowest BCUT2D eigenvalue weighted by Crippen LogP contribution is -2.14. The Kier molecular flexibility index (Phi) is 2.79. The normalized spacial score (nSPS) is 11.5. The van der Waals surface area contributed by atoms with Gasteiger partial charge in [-0.15, -0.1) is 0 Å². The highest BCUT2D eigenvalue weighted by Gasteiger charge is 2.17. The van der Waals surface area contributed by atoms with Crippen LogP contribution >= 0.6 is 0 Å². The third-order valence-electron chi connectivity index (χ3n) is 2.45. The van der Waals surface area contributed by atoms with Crippen molar-refractivity contribution >= 4 is 5.78 Å². The van der Waals surface area contributed by atoms with Gasteiger partial charge in [0, 0.05) is 5.56 Å². The van der Waals surface area contributed by atoms with E-state index in [1.54, 1.807) is 6.92 Å². The first-order valence-electron chi connectivity index (χ1n) is 4.94. The summed E-state index contributed by atoms with van der Waals surface area (Å²) in [5, 5.41) is 0. The first-order valence-corrected chi connectivity index (χ1v) is 4.94. The van der Waals surface area contributed by atoms with E-state index in [0.717, 1.165) is 5.56 Å². The van der Waals surface area contributed by atoms with Crippen molar-refractivity contribution in [1.82, 2.24) is 0 Å². The smallest absolute Gasteiger partial charge is 0.159 e. The lowest BCUT2D eigenvalue weighted by Gasteiger charge is -2.22. The molecule has 76 valence electrons. The van der Waals surface area contributed by atoms with Gasteiger partial charge in [0.05, 0.1) is 0 Å². The zero-order chi connectivity index (χ0) is 10.9. The molecule has 0 atom stereocenters. The number of hydrogen-bond donors (Lipinski definition) is 0. The van der Waals surface area contributed by atoms with E-state index in [-0.39, 0.29) is 11.2 Å². The number of rotatable bonds is 1. The lowest BCUT2D eigenvalue weighted by atomic mass is 9.83. The summed E-state index contributed by atoms with van der Waals surface area (Å²) in [5.74, 6) is 0.135. The molecule has 0 aliphatic heterocycles. The second-order valence-electron chi connectivity index (χ2n) is 4.84. The van der Waals surface area contributed by atoms with Gasteiger partial charge in [0.25, 0.3) is 0 Å². The van der Waals surface area contributed by atoms with Crippen LogP contribution in [0.5, 0.6) is 0 Å². The van der Waals surface area contributed by atoms with Crippen LogP contribution in [0.3, 0.4) is 0 Å². The lowest BCUT2D eigenvalue weighted by molar-refractivity contribution is 0.101. The summed E-state index contributed by atoms with van der Waals surface area (Å²) in [6.07, 6.45) is 0. The second-order valence-corrected chi connectivity index (χ2v) is 4.84. The predicted octanol–water partition coefficient (Wildman–Crippen LogP) is 3.50. The number of Topliss-reactive ketones (excluding diaryl/α,β-unsaturated/α-hetero) is 1. The fourth-order valence-corrected chi connectivity index (χ4v) is 1.65. The highest BCUT2D eigenvalue weighted by atomic mass is 16.1. The van der Waals surface area contributed by atoms with Crippen LogP contribution < -0.4 is 0 Å². The maximum atomic E-state index is 11.2. The van der Waals surface area contributed by atoms with Gasteiger partial charge < -0.3 is 0 Å². The SMILES string of the molecule is CC(=O)c1ccc(C)c(C(C)(C)C)c1. The molecule has 0 bridgehead atoms. The molecule has 0 amide bonds. The van der Waals surface area contributed by atoms with Crippen molar-refractivity contribution in [3.8, 4) is 0 Å². The van der Waals surface area contributed by atoms with Crippen LogP contribution in [-0.2, 0) is 5.41 Å². The van der Waals surface area contributed by atoms with Gasteiger partial charge in [-0.2, -0.15) is 0 Å². The van der Waals surface area contributed by atoms with Gasteiger partial charge >= 0.3 is 0 Å². The molecule has 1 aromatic rings. The molecule has 1 aromatic carbocycles. The molecule has 1 nitrogen and oxygen atoms in total. The van der Waals surface area contributed by atoms with Crippen molar-refractivity contribution in [2.75, 3.05) is 0 Å². The molecule has 0 unspecified atom stereocenters. The average Bonchev–Trinajstić information content (AvgIpc) is 2.02. The van der Waals surface area contributed by atoms with Crippen molar-refractivity contribution in [2.24, 2.45) is 0 Å². The molecule has 0 saturated heterocycles. The molecular weight excluding hydrogens is 172 g/mol. The third-order valence-corrected chi connectivity index (χ3v) is 2.45. The van der Waals surface area contributed by atoms with Crippen molar-refractivity contribution in [1.29, 1.82) is 0 Å². The summed E-state index contributed by atoms with van der Waals surface area (Å²) < 4.78 is 0. The molecule has 1 rings (SSSR count). The van der Waals surface area contributed by atoms with E-state index in [2.05, 4.69) is 27.7 Å². The Hall–Kier alpha value is -1.11. The van der Waals surface area contributed by atoms with Gasteiger partial charge in [-0.1, -0.05) is 32.9 Å². The molecule has 0 heterocycles. The highest BCUT2D eigenvalue weighted by molar-refractivity contribution is 5.94. The molecule has 0 fully saturated rings. The Morgan fingerprint density at radius 1 is 1.21 bits per heavy atom. The number of carbonyl (C=O) groups excluding carboxylic acids is 1. The summed E-state index contributed by atoms with van der Waals surface area (Å²) in [6, 6.07) is 5.93. The van der Waals surface area contributed by atoms with Crippen molar-refractivity contribution in [3.63, 3.8) is 0 Å². The largest absolute Gasteiger partial charge is 0.295 e. The number of ketones is 1. The van der Waals surface area contributed by atoms with Crippen LogP contribution in [-0.4, -0.2) is 5.78 Å². The van der Waals surface area contributed by atoms with Crippen LogP contribution in [0.25, 0.3) is 0 Å². The Morgan fingerprint density at radius 3 is 2.21 bits per heavy atom. The summed E-state index contributed by atoms with van der Waals surface area (Å²) in [6.45, 7) is 10.2. The molecule has 14 heavy (non-hydrogen) atoms. The fourth-order valence-electron chi connectivity index (χ4n) is 1.65. The maximum absolute atomic E-state index is 11.2. The van der Waals surface area contributed by atoms with E-state index in [1.165, 1.54) is 11.1 Å². The third kappa shape index (κ3) is 2.22. The number of hydrogen-bond acceptors (Lipinski definition) is 1. The van der Waals surface area contributed by atoms with E-state index in [1.807, 2.05) is 18.2 Å². The molecular formula is C13H18O. The van der Waals surface area contributed by atoms with Crippen molar-refractivity contribution in [2.45, 2.75) is 40.0 Å². The summed E-state index contributed by atoms with van der Waals surface area (Å²) in [4.78, 5) is 11.2. The summed E-state index contributed by atoms with van der Waals surface area (Å²) in [7, 11) is 0. The van der Waals surface area contributed by atoms with Gasteiger partial charge in [-0.05, 0) is 36.5 Å². The number of aryl methyl sites for hydroxylation is 1. The van der Waals surface area contributed by atoms with Crippen LogP contribution in [0, 0.1) is 6.92 Å². The molecule has 1 heteroatoms. The number of benzene rings is 1. The maximum Gasteiger partial charge on any atom is 0.159 e. The topological polar surface area (TPSA) is 17.1 Å². The molecule has 0 saturated carbocycles. The van der Waals surface area contributed by atoms with Crippen molar-refractivity contribution < 1.29 is 4.79 Å². The van der Waals surface area contributed by atoms with E-state index < -0.39 is 0 Å². The van der Waals surface area contributed by atoms with Crippen molar-refractivity contribution in [3.05, 3.63) is 34.9 Å². The Labute approximate surface area is 86.1 Å². The molecule has 0 aromatic heterocycles. The Bertz CT molecular complexity index is 356. The minimum Gasteiger partial charge on any atom is -0.295 e. The van der Waals surface area contributed by atoms with E-state index in [4.69, 9.17) is 0 Å². The minimum absolute atomic E-state index is 0.107. The van der Waals surface area contributed by atoms with Crippen LogP contribution in [0.1, 0.15) is 49.2 Å². The van der Waals surface area contributed by atoms with E-state index >= 15 is 0 Å². The average molecular weight is 190 g/mol. The molecule has 0 spiro atoms. The Morgan fingerprint density at radius 2 is 1.79 bits per heavy atom. The quantitative estimate of drug-likeness (QED) is 0.619. The van der Waals surface area contributed by atoms with Gasteiger partial charge in [-0.3, -0.25) is 4.79 Å². The summed E-state index contributed by atoms with van der Waals surface area (Å²) in [5.41, 5.74) is 3.42. The van der Waals surface area contributed by atoms with Crippen LogP contribution in [0.15, 0.2) is 18.2 Å². The van der Waals surface area contributed by atoms with Gasteiger partial charge in [0.2, 0.25) is 0 Å². The van der Waals surface area contributed by atoms with Gasteiger partial charge in [-0.25, -0.2) is 0 Å². The van der Waals surface area contributed by atoms with Gasteiger partial charge in [0.15, 0.2) is 5.78 Å². The molecule has 0 aliphatic rings. The predicted molar refractivity (Wildman–Crippen MR) is 59.9 cm³/mol. The molecule has 0 aliphatic carbocycles. The van der Waals surface area contributed by atoms with E-state index in [9.17, 15) is 4.79 Å². The second kappa shape index (κ2) is 3.56. The summed E-state index contributed by atoms with van der Waals surface area (Å²) >= 11 is 0. The van der Waals surface area contributed by atoms with Crippen LogP contribution in [0.2, 0.25) is 0 Å². The zero-order valence-electron chi connectivity index (χ0n) is 9.64. The first kappa shape index (κ1) is 11.0. The molecule has 0 radical (unpaired) electrons. The minimum atomic E-state index is 0.107. The van der Waals surface area contributed by atoms with E-state index in [0.29, 0.717) is 0 Å². The monoisotopic (exact) mass is 190 g/mol. The highest BCUT2D eigenvalue weighted by Crippen LogP contribution is 2.26. The molecule has 0 N–H and O–H groups in total. The zero-order valence-corrected chi connectivity index (χ0v) is 9.64. The standard InChI is InChI=1S/C13H18O/c1-9-6-7-11(10(2)14)8-12(9)13(3,4)5/h6-8H,1-5H3. The van der Waals surface area contributed by atoms with Gasteiger partial charge in [0.1, 0.15) is 0 Å².